The van der Waals surface area contributed by atoms with E-state index >= 15 is 0 Å². The van der Waals surface area contributed by atoms with Crippen LogP contribution in [0.4, 0.5) is 5.82 Å². The van der Waals surface area contributed by atoms with Crippen LogP contribution in [-0.4, -0.2) is 57.2 Å². The van der Waals surface area contributed by atoms with Gasteiger partial charge in [0.05, 0.1) is 12.6 Å². The van der Waals surface area contributed by atoms with Crippen LogP contribution in [0.15, 0.2) is 24.4 Å². The van der Waals surface area contributed by atoms with Crippen LogP contribution >= 0.6 is 0 Å². The summed E-state index contributed by atoms with van der Waals surface area (Å²) in [6.45, 7) is 4.83. The molecule has 4 N–H and O–H groups in total. The van der Waals surface area contributed by atoms with Gasteiger partial charge < -0.3 is 25.7 Å². The summed E-state index contributed by atoms with van der Waals surface area (Å²) < 4.78 is 6.80. The summed E-state index contributed by atoms with van der Waals surface area (Å²) in [4.78, 5) is 30.9. The van der Waals surface area contributed by atoms with E-state index in [2.05, 4.69) is 15.4 Å². The number of nitrogens with zero attached hydrogens (tertiary/aromatic N) is 3. The Kier molecular flexibility index (Phi) is 4.68. The highest BCUT2D eigenvalue weighted by molar-refractivity contribution is 6.02. The standard InChI is InChI=1S/C21H26N6O3/c1-12-14-9-13(30-4)5-6-16(14)23-17(12)20(29)27-8-7-21(2,11-27)24-19(28)15-10-26(3)25-18(15)22/h5-6,9-10,23H,7-8,11H2,1-4H3,(H2,22,25)(H,24,28)/t21-/m0/s1. The van der Waals surface area contributed by atoms with Crippen LogP contribution in [0.3, 0.4) is 0 Å². The molecular weight excluding hydrogens is 384 g/mol. The van der Waals surface area contributed by atoms with E-state index in [0.29, 0.717) is 30.8 Å². The lowest BCUT2D eigenvalue weighted by Gasteiger charge is -2.26. The summed E-state index contributed by atoms with van der Waals surface area (Å²) in [7, 11) is 3.33. The van der Waals surface area contributed by atoms with Crippen molar-refractivity contribution in [2.75, 3.05) is 25.9 Å². The summed E-state index contributed by atoms with van der Waals surface area (Å²) in [5.41, 5.74) is 7.94. The molecule has 1 fully saturated rings. The lowest BCUT2D eigenvalue weighted by Crippen LogP contribution is -2.48. The number of aromatic nitrogens is 3. The highest BCUT2D eigenvalue weighted by Crippen LogP contribution is 2.29. The van der Waals surface area contributed by atoms with E-state index in [9.17, 15) is 9.59 Å². The number of likely N-dealkylation sites (tertiary alicyclic amines) is 1. The largest absolute Gasteiger partial charge is 0.497 e. The van der Waals surface area contributed by atoms with Crippen LogP contribution in [0.5, 0.6) is 5.75 Å². The monoisotopic (exact) mass is 410 g/mol. The number of aryl methyl sites for hydroxylation is 2. The van der Waals surface area contributed by atoms with Crippen molar-refractivity contribution in [3.05, 3.63) is 41.2 Å². The molecule has 1 aliphatic rings. The number of anilines is 1. The molecule has 1 aliphatic heterocycles. The van der Waals surface area contributed by atoms with Gasteiger partial charge in [-0.05, 0) is 44.0 Å². The molecule has 0 bridgehead atoms. The molecule has 0 aliphatic carbocycles. The number of carbonyl (C=O) groups excluding carboxylic acids is 2. The molecule has 0 spiro atoms. The first-order valence-corrected chi connectivity index (χ1v) is 9.78. The maximum Gasteiger partial charge on any atom is 0.270 e. The summed E-state index contributed by atoms with van der Waals surface area (Å²) in [5.74, 6) is 0.566. The fraction of sp³-hybridized carbons (Fsp3) is 0.381. The second-order valence-corrected chi connectivity index (χ2v) is 8.13. The molecule has 3 aromatic rings. The lowest BCUT2D eigenvalue weighted by atomic mass is 10.0. The van der Waals surface area contributed by atoms with Gasteiger partial charge in [0, 0.05) is 37.2 Å². The molecule has 0 radical (unpaired) electrons. The summed E-state index contributed by atoms with van der Waals surface area (Å²) in [6.07, 6.45) is 2.24. The first-order chi connectivity index (χ1) is 14.2. The number of nitrogens with two attached hydrogens (primary N) is 1. The van der Waals surface area contributed by atoms with Crippen molar-refractivity contribution in [2.45, 2.75) is 25.8 Å². The predicted molar refractivity (Wildman–Crippen MR) is 114 cm³/mol. The van der Waals surface area contributed by atoms with Gasteiger partial charge in [0.15, 0.2) is 5.82 Å². The Bertz CT molecular complexity index is 1150. The summed E-state index contributed by atoms with van der Waals surface area (Å²) >= 11 is 0. The number of hydrogen-bond donors (Lipinski definition) is 3. The summed E-state index contributed by atoms with van der Waals surface area (Å²) in [5, 5.41) is 7.99. The fourth-order valence-electron chi connectivity index (χ4n) is 4.06. The molecule has 30 heavy (non-hydrogen) atoms. The molecule has 0 saturated carbocycles. The van der Waals surface area contributed by atoms with Crippen LogP contribution in [0.2, 0.25) is 0 Å². The maximum atomic E-state index is 13.2. The minimum atomic E-state index is -0.543. The zero-order chi connectivity index (χ0) is 21.6. The Balaban J connectivity index is 1.52. The van der Waals surface area contributed by atoms with Gasteiger partial charge in [0.25, 0.3) is 11.8 Å². The van der Waals surface area contributed by atoms with E-state index in [1.165, 1.54) is 4.68 Å². The molecule has 3 heterocycles. The van der Waals surface area contributed by atoms with E-state index in [1.54, 1.807) is 25.3 Å². The molecular formula is C21H26N6O3. The number of amides is 2. The molecule has 4 rings (SSSR count). The van der Waals surface area contributed by atoms with Crippen molar-refractivity contribution in [1.29, 1.82) is 0 Å². The number of fused-ring (bicyclic) bond motifs is 1. The van der Waals surface area contributed by atoms with Crippen LogP contribution < -0.4 is 15.8 Å². The Morgan fingerprint density at radius 2 is 2.13 bits per heavy atom. The third-order valence-corrected chi connectivity index (χ3v) is 5.76. The Hall–Kier alpha value is -3.49. The van der Waals surface area contributed by atoms with E-state index in [0.717, 1.165) is 22.2 Å². The average Bonchev–Trinajstić information content (AvgIpc) is 3.36. The van der Waals surface area contributed by atoms with Gasteiger partial charge >= 0.3 is 0 Å². The summed E-state index contributed by atoms with van der Waals surface area (Å²) in [6, 6.07) is 5.69. The van der Waals surface area contributed by atoms with Crippen LogP contribution in [0, 0.1) is 6.92 Å². The van der Waals surface area contributed by atoms with E-state index in [1.807, 2.05) is 32.0 Å². The average molecular weight is 410 g/mol. The van der Waals surface area contributed by atoms with E-state index < -0.39 is 5.54 Å². The zero-order valence-corrected chi connectivity index (χ0v) is 17.6. The molecule has 2 amide bonds. The van der Waals surface area contributed by atoms with Crippen molar-refractivity contribution in [1.82, 2.24) is 25.0 Å². The topological polar surface area (TPSA) is 118 Å². The van der Waals surface area contributed by atoms with Gasteiger partial charge in [-0.1, -0.05) is 0 Å². The second-order valence-electron chi connectivity index (χ2n) is 8.13. The van der Waals surface area contributed by atoms with Crippen LogP contribution in [0.1, 0.15) is 39.8 Å². The van der Waals surface area contributed by atoms with Gasteiger partial charge in [-0.3, -0.25) is 14.3 Å². The number of benzene rings is 1. The van der Waals surface area contributed by atoms with Crippen LogP contribution in [-0.2, 0) is 7.05 Å². The highest BCUT2D eigenvalue weighted by Gasteiger charge is 2.39. The number of ether oxygens (including phenoxy) is 1. The smallest absolute Gasteiger partial charge is 0.270 e. The van der Waals surface area contributed by atoms with Gasteiger partial charge in [0.1, 0.15) is 17.0 Å². The Morgan fingerprint density at radius 3 is 2.80 bits per heavy atom. The van der Waals surface area contributed by atoms with Crippen molar-refractivity contribution >= 4 is 28.5 Å². The second kappa shape index (κ2) is 7.08. The molecule has 9 heteroatoms. The third kappa shape index (κ3) is 3.36. The molecule has 2 aromatic heterocycles. The molecule has 9 nitrogen and oxygen atoms in total. The SMILES string of the molecule is COc1ccc2[nH]c(C(=O)N3CC[C@](C)(NC(=O)c4cn(C)nc4N)C3)c(C)c2c1. The fourth-order valence-corrected chi connectivity index (χ4v) is 4.06. The number of carbonyl (C=O) groups is 2. The molecule has 1 atom stereocenters. The third-order valence-electron chi connectivity index (χ3n) is 5.76. The first kappa shape index (κ1) is 19.8. The van der Waals surface area contributed by atoms with Gasteiger partial charge in [-0.2, -0.15) is 5.10 Å². The number of H-pyrrole nitrogens is 1. The highest BCUT2D eigenvalue weighted by atomic mass is 16.5. The first-order valence-electron chi connectivity index (χ1n) is 9.78. The normalized spacial score (nSPS) is 18.7. The van der Waals surface area contributed by atoms with Crippen molar-refractivity contribution in [3.63, 3.8) is 0 Å². The van der Waals surface area contributed by atoms with Gasteiger partial charge in [-0.15, -0.1) is 0 Å². The number of hydrogen-bond acceptors (Lipinski definition) is 5. The Labute approximate surface area is 174 Å². The Morgan fingerprint density at radius 1 is 1.37 bits per heavy atom. The molecule has 0 unspecified atom stereocenters. The van der Waals surface area contributed by atoms with Crippen molar-refractivity contribution < 1.29 is 14.3 Å². The quantitative estimate of drug-likeness (QED) is 0.606. The van der Waals surface area contributed by atoms with Crippen LogP contribution in [0.25, 0.3) is 10.9 Å². The predicted octanol–water partition coefficient (Wildman–Crippen LogP) is 1.84. The van der Waals surface area contributed by atoms with Crippen molar-refractivity contribution in [2.24, 2.45) is 7.05 Å². The number of aromatic amines is 1. The number of nitrogen functional groups attached to an aromatic ring is 1. The number of rotatable bonds is 4. The molecule has 158 valence electrons. The van der Waals surface area contributed by atoms with Gasteiger partial charge in [0.2, 0.25) is 0 Å². The minimum absolute atomic E-state index is 0.0819. The lowest BCUT2D eigenvalue weighted by molar-refractivity contribution is 0.0764. The maximum absolute atomic E-state index is 13.2. The van der Waals surface area contributed by atoms with E-state index in [-0.39, 0.29) is 17.6 Å². The van der Waals surface area contributed by atoms with Crippen molar-refractivity contribution in [3.8, 4) is 5.75 Å². The van der Waals surface area contributed by atoms with E-state index in [4.69, 9.17) is 10.5 Å². The molecule has 1 saturated heterocycles. The molecule has 1 aromatic carbocycles. The van der Waals surface area contributed by atoms with Gasteiger partial charge in [-0.25, -0.2) is 0 Å². The zero-order valence-electron chi connectivity index (χ0n) is 17.6. The number of nitrogens with one attached hydrogen (secondary N) is 2. The minimum Gasteiger partial charge on any atom is -0.497 e. The number of methoxy groups -OCH3 is 1.